The Morgan fingerprint density at radius 3 is 2.70 bits per heavy atom. The van der Waals surface area contributed by atoms with E-state index in [0.717, 1.165) is 10.9 Å². The first-order valence-electron chi connectivity index (χ1n) is 7.30. The average molecular weight is 313 g/mol. The van der Waals surface area contributed by atoms with Crippen LogP contribution in [0.3, 0.4) is 0 Å². The van der Waals surface area contributed by atoms with E-state index in [4.69, 9.17) is 9.15 Å². The first-order chi connectivity index (χ1) is 11.2. The Morgan fingerprint density at radius 1 is 1.17 bits per heavy atom. The lowest BCUT2D eigenvalue weighted by Crippen LogP contribution is -2.28. The van der Waals surface area contributed by atoms with Crippen molar-refractivity contribution < 1.29 is 18.3 Å². The molecule has 3 rings (SSSR count). The van der Waals surface area contributed by atoms with Crippen molar-refractivity contribution in [2.24, 2.45) is 0 Å². The van der Waals surface area contributed by atoms with Crippen molar-refractivity contribution >= 4 is 16.9 Å². The number of para-hydroxylation sites is 2. The quantitative estimate of drug-likeness (QED) is 0.731. The van der Waals surface area contributed by atoms with E-state index >= 15 is 0 Å². The second-order valence-electron chi connectivity index (χ2n) is 5.09. The van der Waals surface area contributed by atoms with Crippen LogP contribution in [0.1, 0.15) is 16.1 Å². The van der Waals surface area contributed by atoms with Gasteiger partial charge in [-0.1, -0.05) is 30.3 Å². The normalized spacial score (nSPS) is 10.7. The van der Waals surface area contributed by atoms with Crippen molar-refractivity contribution in [1.82, 2.24) is 5.32 Å². The van der Waals surface area contributed by atoms with Gasteiger partial charge in [0.25, 0.3) is 5.91 Å². The molecular formula is C18H16FNO3. The number of furan rings is 1. The van der Waals surface area contributed by atoms with E-state index in [2.05, 4.69) is 5.32 Å². The molecule has 0 aliphatic rings. The molecule has 4 nitrogen and oxygen atoms in total. The molecule has 0 fully saturated rings. The molecule has 0 radical (unpaired) electrons. The highest BCUT2D eigenvalue weighted by molar-refractivity contribution is 5.98. The van der Waals surface area contributed by atoms with Crippen LogP contribution in [0.2, 0.25) is 0 Å². The van der Waals surface area contributed by atoms with Gasteiger partial charge in [-0.25, -0.2) is 4.39 Å². The van der Waals surface area contributed by atoms with E-state index < -0.39 is 5.82 Å². The largest absolute Gasteiger partial charge is 0.489 e. The number of fused-ring (bicyclic) bond motifs is 1. The van der Waals surface area contributed by atoms with Gasteiger partial charge in [0.05, 0.1) is 6.54 Å². The molecule has 1 aromatic heterocycles. The smallest absolute Gasteiger partial charge is 0.287 e. The summed E-state index contributed by atoms with van der Waals surface area (Å²) in [5, 5.41) is 3.63. The molecule has 118 valence electrons. The molecule has 5 heteroatoms. The van der Waals surface area contributed by atoms with E-state index in [0.29, 0.717) is 5.58 Å². The highest BCUT2D eigenvalue weighted by Crippen LogP contribution is 2.24. The molecule has 0 unspecified atom stereocenters. The second-order valence-corrected chi connectivity index (χ2v) is 5.09. The van der Waals surface area contributed by atoms with Crippen molar-refractivity contribution in [3.05, 3.63) is 65.7 Å². The minimum atomic E-state index is -0.424. The Kier molecular flexibility index (Phi) is 4.28. The van der Waals surface area contributed by atoms with E-state index in [-0.39, 0.29) is 30.6 Å². The van der Waals surface area contributed by atoms with Crippen molar-refractivity contribution in [2.45, 2.75) is 6.92 Å². The molecule has 0 atom stereocenters. The highest BCUT2D eigenvalue weighted by atomic mass is 19.1. The number of ether oxygens (including phenoxy) is 1. The third kappa shape index (κ3) is 3.18. The predicted octanol–water partition coefficient (Wildman–Crippen LogP) is 3.69. The Bertz CT molecular complexity index is 841. The van der Waals surface area contributed by atoms with Crippen LogP contribution in [0.25, 0.3) is 11.0 Å². The second kappa shape index (κ2) is 6.52. The highest BCUT2D eigenvalue weighted by Gasteiger charge is 2.16. The zero-order chi connectivity index (χ0) is 16.2. The number of halogens is 1. The topological polar surface area (TPSA) is 51.5 Å². The van der Waals surface area contributed by atoms with Crippen LogP contribution in [0.4, 0.5) is 4.39 Å². The van der Waals surface area contributed by atoms with Crippen molar-refractivity contribution in [2.75, 3.05) is 13.2 Å². The maximum atomic E-state index is 13.4. The zero-order valence-electron chi connectivity index (χ0n) is 12.6. The van der Waals surface area contributed by atoms with Crippen molar-refractivity contribution in [3.63, 3.8) is 0 Å². The number of carbonyl (C=O) groups excluding carboxylic acids is 1. The van der Waals surface area contributed by atoms with Crippen molar-refractivity contribution in [3.8, 4) is 5.75 Å². The Balaban J connectivity index is 1.59. The molecule has 0 bridgehead atoms. The molecule has 1 N–H and O–H groups in total. The fraction of sp³-hybridized carbons (Fsp3) is 0.167. The number of hydrogen-bond donors (Lipinski definition) is 1. The monoisotopic (exact) mass is 313 g/mol. The van der Waals surface area contributed by atoms with E-state index in [1.807, 2.05) is 31.2 Å². The minimum absolute atomic E-state index is 0.168. The molecule has 0 aliphatic carbocycles. The number of nitrogens with one attached hydrogen (secondary N) is 1. The molecule has 0 spiro atoms. The van der Waals surface area contributed by atoms with Gasteiger partial charge in [0.2, 0.25) is 0 Å². The number of carbonyl (C=O) groups is 1. The standard InChI is InChI=1S/C18H16FNO3/c1-12-13-6-2-4-8-15(13)23-17(12)18(21)20-10-11-22-16-9-5-3-7-14(16)19/h2-9H,10-11H2,1H3,(H,20,21). The molecule has 0 aliphatic heterocycles. The number of benzene rings is 2. The molecule has 1 amide bonds. The molecule has 1 heterocycles. The van der Waals surface area contributed by atoms with Gasteiger partial charge in [0.15, 0.2) is 17.3 Å². The van der Waals surface area contributed by atoms with Crippen LogP contribution in [0.5, 0.6) is 5.75 Å². The van der Waals surface area contributed by atoms with Crippen LogP contribution in [0.15, 0.2) is 52.9 Å². The SMILES string of the molecule is Cc1c(C(=O)NCCOc2ccccc2F)oc2ccccc12. The summed E-state index contributed by atoms with van der Waals surface area (Å²) in [6.07, 6.45) is 0. The molecule has 3 aromatic rings. The zero-order valence-corrected chi connectivity index (χ0v) is 12.6. The van der Waals surface area contributed by atoms with Gasteiger partial charge >= 0.3 is 0 Å². The molecule has 0 saturated carbocycles. The van der Waals surface area contributed by atoms with Gasteiger partial charge in [0, 0.05) is 10.9 Å². The summed E-state index contributed by atoms with van der Waals surface area (Å²) in [6.45, 7) is 2.27. The van der Waals surface area contributed by atoms with Crippen LogP contribution < -0.4 is 10.1 Å². The van der Waals surface area contributed by atoms with Crippen LogP contribution >= 0.6 is 0 Å². The van der Waals surface area contributed by atoms with Gasteiger partial charge in [-0.05, 0) is 25.1 Å². The summed E-state index contributed by atoms with van der Waals surface area (Å²) in [5.41, 5.74) is 1.48. The van der Waals surface area contributed by atoms with E-state index in [9.17, 15) is 9.18 Å². The lowest BCUT2D eigenvalue weighted by Gasteiger charge is -2.07. The number of rotatable bonds is 5. The Morgan fingerprint density at radius 2 is 1.91 bits per heavy atom. The first kappa shape index (κ1) is 15.1. The fourth-order valence-corrected chi connectivity index (χ4v) is 2.36. The van der Waals surface area contributed by atoms with E-state index in [1.54, 1.807) is 18.2 Å². The summed E-state index contributed by atoms with van der Waals surface area (Å²) in [4.78, 5) is 12.2. The summed E-state index contributed by atoms with van der Waals surface area (Å²) in [6, 6.07) is 13.6. The maximum Gasteiger partial charge on any atom is 0.287 e. The number of aryl methyl sites for hydroxylation is 1. The summed E-state index contributed by atoms with van der Waals surface area (Å²) in [7, 11) is 0. The number of hydrogen-bond acceptors (Lipinski definition) is 3. The number of amides is 1. The van der Waals surface area contributed by atoms with Gasteiger partial charge in [0.1, 0.15) is 12.2 Å². The Hall–Kier alpha value is -2.82. The lowest BCUT2D eigenvalue weighted by molar-refractivity contribution is 0.0920. The van der Waals surface area contributed by atoms with Crippen molar-refractivity contribution in [1.29, 1.82) is 0 Å². The van der Waals surface area contributed by atoms with Crippen LogP contribution in [0, 0.1) is 12.7 Å². The van der Waals surface area contributed by atoms with Gasteiger partial charge in [-0.15, -0.1) is 0 Å². The maximum absolute atomic E-state index is 13.4. The summed E-state index contributed by atoms with van der Waals surface area (Å²) < 4.78 is 24.3. The molecule has 0 saturated heterocycles. The molecule has 2 aromatic carbocycles. The fourth-order valence-electron chi connectivity index (χ4n) is 2.36. The third-order valence-corrected chi connectivity index (χ3v) is 3.53. The van der Waals surface area contributed by atoms with Gasteiger partial charge < -0.3 is 14.5 Å². The van der Waals surface area contributed by atoms with Crippen LogP contribution in [-0.4, -0.2) is 19.1 Å². The predicted molar refractivity (Wildman–Crippen MR) is 85.2 cm³/mol. The van der Waals surface area contributed by atoms with Gasteiger partial charge in [-0.2, -0.15) is 0 Å². The molecular weight excluding hydrogens is 297 g/mol. The lowest BCUT2D eigenvalue weighted by atomic mass is 10.1. The Labute approximate surface area is 132 Å². The average Bonchev–Trinajstić information content (AvgIpc) is 2.90. The first-order valence-corrected chi connectivity index (χ1v) is 7.30. The van der Waals surface area contributed by atoms with E-state index in [1.165, 1.54) is 6.07 Å². The minimum Gasteiger partial charge on any atom is -0.489 e. The summed E-state index contributed by atoms with van der Waals surface area (Å²) >= 11 is 0. The summed E-state index contributed by atoms with van der Waals surface area (Å²) in [5.74, 6) is -0.276. The third-order valence-electron chi connectivity index (χ3n) is 3.53. The van der Waals surface area contributed by atoms with Gasteiger partial charge in [-0.3, -0.25) is 4.79 Å². The molecule has 23 heavy (non-hydrogen) atoms. The van der Waals surface area contributed by atoms with Crippen LogP contribution in [-0.2, 0) is 0 Å².